The van der Waals surface area contributed by atoms with Gasteiger partial charge in [0.25, 0.3) is 0 Å². The SMILES string of the molecule is COc1ccccc1-c1nn(-c2ccccc2)cc1C(=O)OCCN1CCCC1=O. The summed E-state index contributed by atoms with van der Waals surface area (Å²) in [6.07, 6.45) is 3.09. The first-order valence-corrected chi connectivity index (χ1v) is 9.91. The number of benzene rings is 2. The Kier molecular flexibility index (Phi) is 5.79. The molecule has 1 aromatic heterocycles. The molecule has 7 heteroatoms. The zero-order valence-corrected chi connectivity index (χ0v) is 16.8. The Morgan fingerprint density at radius 1 is 1.10 bits per heavy atom. The van der Waals surface area contributed by atoms with Crippen molar-refractivity contribution < 1.29 is 19.1 Å². The Bertz CT molecular complexity index is 1050. The smallest absolute Gasteiger partial charge is 0.342 e. The maximum absolute atomic E-state index is 12.9. The van der Waals surface area contributed by atoms with Crippen LogP contribution in [-0.4, -0.2) is 53.4 Å². The molecule has 0 saturated carbocycles. The molecule has 1 saturated heterocycles. The van der Waals surface area contributed by atoms with Crippen LogP contribution >= 0.6 is 0 Å². The Morgan fingerprint density at radius 3 is 2.60 bits per heavy atom. The van der Waals surface area contributed by atoms with Gasteiger partial charge in [0.15, 0.2) is 0 Å². The van der Waals surface area contributed by atoms with Crippen LogP contribution in [0, 0.1) is 0 Å². The van der Waals surface area contributed by atoms with Crippen LogP contribution in [0.3, 0.4) is 0 Å². The highest BCUT2D eigenvalue weighted by Crippen LogP contribution is 2.32. The molecule has 1 aliphatic rings. The average molecular weight is 405 g/mol. The molecular weight excluding hydrogens is 382 g/mol. The maximum Gasteiger partial charge on any atom is 0.342 e. The molecule has 0 bridgehead atoms. The predicted molar refractivity (Wildman–Crippen MR) is 112 cm³/mol. The predicted octanol–water partition coefficient (Wildman–Crippen LogP) is 3.33. The molecule has 4 rings (SSSR count). The van der Waals surface area contributed by atoms with Crippen molar-refractivity contribution in [1.29, 1.82) is 0 Å². The van der Waals surface area contributed by atoms with Crippen molar-refractivity contribution in [2.45, 2.75) is 12.8 Å². The Balaban J connectivity index is 1.62. The van der Waals surface area contributed by atoms with Crippen LogP contribution in [0.1, 0.15) is 23.2 Å². The lowest BCUT2D eigenvalue weighted by molar-refractivity contribution is -0.128. The molecule has 0 N–H and O–H groups in total. The summed E-state index contributed by atoms with van der Waals surface area (Å²) in [4.78, 5) is 26.4. The minimum atomic E-state index is -0.482. The number of para-hydroxylation sites is 2. The van der Waals surface area contributed by atoms with E-state index in [1.54, 1.807) is 22.9 Å². The molecule has 7 nitrogen and oxygen atoms in total. The summed E-state index contributed by atoms with van der Waals surface area (Å²) < 4.78 is 12.6. The van der Waals surface area contributed by atoms with Gasteiger partial charge in [-0.2, -0.15) is 5.10 Å². The Hall–Kier alpha value is -3.61. The summed E-state index contributed by atoms with van der Waals surface area (Å²) in [5, 5.41) is 4.65. The molecule has 0 atom stereocenters. The molecule has 1 fully saturated rings. The number of aromatic nitrogens is 2. The molecule has 1 amide bonds. The summed E-state index contributed by atoms with van der Waals surface area (Å²) in [7, 11) is 1.58. The first kappa shape index (κ1) is 19.7. The Labute approximate surface area is 174 Å². The summed E-state index contributed by atoms with van der Waals surface area (Å²) in [6.45, 7) is 1.27. The minimum absolute atomic E-state index is 0.109. The number of hydrogen-bond donors (Lipinski definition) is 0. The largest absolute Gasteiger partial charge is 0.496 e. The van der Waals surface area contributed by atoms with Crippen LogP contribution in [0.2, 0.25) is 0 Å². The summed E-state index contributed by atoms with van der Waals surface area (Å²) >= 11 is 0. The molecule has 3 aromatic rings. The number of amides is 1. The van der Waals surface area contributed by atoms with Crippen LogP contribution in [0.5, 0.6) is 5.75 Å². The van der Waals surface area contributed by atoms with Crippen molar-refractivity contribution in [3.8, 4) is 22.7 Å². The molecular formula is C23H23N3O4. The van der Waals surface area contributed by atoms with Gasteiger partial charge in [0.05, 0.1) is 19.3 Å². The number of nitrogens with zero attached hydrogens (tertiary/aromatic N) is 3. The zero-order chi connectivity index (χ0) is 20.9. The van der Waals surface area contributed by atoms with Gasteiger partial charge in [-0.1, -0.05) is 30.3 Å². The summed E-state index contributed by atoms with van der Waals surface area (Å²) in [5.74, 6) is 0.245. The van der Waals surface area contributed by atoms with Crippen molar-refractivity contribution in [3.63, 3.8) is 0 Å². The van der Waals surface area contributed by atoms with Gasteiger partial charge < -0.3 is 14.4 Å². The van der Waals surface area contributed by atoms with E-state index in [1.807, 2.05) is 54.6 Å². The lowest BCUT2D eigenvalue weighted by Crippen LogP contribution is -2.29. The van der Waals surface area contributed by atoms with E-state index < -0.39 is 5.97 Å². The number of esters is 1. The van der Waals surface area contributed by atoms with Gasteiger partial charge in [0.1, 0.15) is 23.6 Å². The van der Waals surface area contributed by atoms with Crippen molar-refractivity contribution in [2.24, 2.45) is 0 Å². The first-order chi connectivity index (χ1) is 14.7. The number of likely N-dealkylation sites (tertiary alicyclic amines) is 1. The molecule has 30 heavy (non-hydrogen) atoms. The summed E-state index contributed by atoms with van der Waals surface area (Å²) in [6, 6.07) is 17.0. The fraction of sp³-hybridized carbons (Fsp3) is 0.261. The normalized spacial score (nSPS) is 13.5. The van der Waals surface area contributed by atoms with E-state index in [2.05, 4.69) is 5.10 Å². The number of carbonyl (C=O) groups is 2. The van der Waals surface area contributed by atoms with E-state index in [0.717, 1.165) is 18.7 Å². The average Bonchev–Trinajstić information content (AvgIpc) is 3.41. The monoisotopic (exact) mass is 405 g/mol. The number of carbonyl (C=O) groups excluding carboxylic acids is 2. The lowest BCUT2D eigenvalue weighted by Gasteiger charge is -2.15. The van der Waals surface area contributed by atoms with Crippen molar-refractivity contribution >= 4 is 11.9 Å². The molecule has 0 unspecified atom stereocenters. The third kappa shape index (κ3) is 4.05. The van der Waals surface area contributed by atoms with Gasteiger partial charge in [0, 0.05) is 24.7 Å². The molecule has 2 heterocycles. The van der Waals surface area contributed by atoms with Crippen LogP contribution in [0.4, 0.5) is 0 Å². The highest BCUT2D eigenvalue weighted by atomic mass is 16.5. The number of methoxy groups -OCH3 is 1. The third-order valence-electron chi connectivity index (χ3n) is 5.08. The van der Waals surface area contributed by atoms with Gasteiger partial charge in [0.2, 0.25) is 5.91 Å². The topological polar surface area (TPSA) is 73.7 Å². The fourth-order valence-corrected chi connectivity index (χ4v) is 3.54. The van der Waals surface area contributed by atoms with Crippen molar-refractivity contribution in [3.05, 3.63) is 66.4 Å². The maximum atomic E-state index is 12.9. The van der Waals surface area contributed by atoms with Gasteiger partial charge >= 0.3 is 5.97 Å². The number of rotatable bonds is 7. The second-order valence-electron chi connectivity index (χ2n) is 6.99. The first-order valence-electron chi connectivity index (χ1n) is 9.91. The number of ether oxygens (including phenoxy) is 2. The van der Waals surface area contributed by atoms with E-state index in [0.29, 0.717) is 35.5 Å². The molecule has 0 radical (unpaired) electrons. The second-order valence-corrected chi connectivity index (χ2v) is 6.99. The third-order valence-corrected chi connectivity index (χ3v) is 5.08. The quantitative estimate of drug-likeness (QED) is 0.564. The van der Waals surface area contributed by atoms with E-state index in [9.17, 15) is 9.59 Å². The van der Waals surface area contributed by atoms with Crippen LogP contribution in [0.15, 0.2) is 60.8 Å². The Morgan fingerprint density at radius 2 is 1.87 bits per heavy atom. The highest BCUT2D eigenvalue weighted by molar-refractivity contribution is 5.97. The van der Waals surface area contributed by atoms with E-state index in [1.165, 1.54) is 0 Å². The van der Waals surface area contributed by atoms with Crippen molar-refractivity contribution in [1.82, 2.24) is 14.7 Å². The minimum Gasteiger partial charge on any atom is -0.496 e. The standard InChI is InChI=1S/C23H23N3O4/c1-29-20-11-6-5-10-18(20)22-19(16-26(24-22)17-8-3-2-4-9-17)23(28)30-15-14-25-13-7-12-21(25)27/h2-6,8-11,16H,7,12-15H2,1H3. The van der Waals surface area contributed by atoms with Gasteiger partial charge in [-0.05, 0) is 30.7 Å². The van der Waals surface area contributed by atoms with Gasteiger partial charge in [-0.15, -0.1) is 0 Å². The van der Waals surface area contributed by atoms with Crippen LogP contribution in [-0.2, 0) is 9.53 Å². The molecule has 0 aliphatic carbocycles. The van der Waals surface area contributed by atoms with E-state index in [4.69, 9.17) is 9.47 Å². The summed E-state index contributed by atoms with van der Waals surface area (Å²) in [5.41, 5.74) is 2.36. The number of hydrogen-bond acceptors (Lipinski definition) is 5. The fourth-order valence-electron chi connectivity index (χ4n) is 3.54. The molecule has 2 aromatic carbocycles. The molecule has 0 spiro atoms. The van der Waals surface area contributed by atoms with Crippen LogP contribution < -0.4 is 4.74 Å². The van der Waals surface area contributed by atoms with E-state index >= 15 is 0 Å². The molecule has 1 aliphatic heterocycles. The van der Waals surface area contributed by atoms with Crippen molar-refractivity contribution in [2.75, 3.05) is 26.8 Å². The van der Waals surface area contributed by atoms with E-state index in [-0.39, 0.29) is 12.5 Å². The van der Waals surface area contributed by atoms with Crippen LogP contribution in [0.25, 0.3) is 16.9 Å². The molecule has 154 valence electrons. The van der Waals surface area contributed by atoms with Gasteiger partial charge in [-0.25, -0.2) is 9.48 Å². The second kappa shape index (κ2) is 8.82. The highest BCUT2D eigenvalue weighted by Gasteiger charge is 2.24. The zero-order valence-electron chi connectivity index (χ0n) is 16.8. The lowest BCUT2D eigenvalue weighted by atomic mass is 10.1. The van der Waals surface area contributed by atoms with Gasteiger partial charge in [-0.3, -0.25) is 4.79 Å².